The summed E-state index contributed by atoms with van der Waals surface area (Å²) in [6.45, 7) is 0.823. The lowest BCUT2D eigenvalue weighted by Gasteiger charge is -2.15. The molecular weight excluding hydrogens is 264 g/mol. The first-order chi connectivity index (χ1) is 9.45. The van der Waals surface area contributed by atoms with Crippen LogP contribution in [-0.4, -0.2) is 24.1 Å². The predicted octanol–water partition coefficient (Wildman–Crippen LogP) is 3.31. The van der Waals surface area contributed by atoms with Crippen LogP contribution in [0.1, 0.15) is 12.6 Å². The minimum atomic E-state index is -3.03. The molecule has 0 radical (unpaired) electrons. The van der Waals surface area contributed by atoms with Crippen molar-refractivity contribution in [3.05, 3.63) is 36.3 Å². The fraction of sp³-hybridized carbons (Fsp3) is 0.286. The molecule has 6 heteroatoms. The number of nitrogens with zero attached hydrogens (tertiary/aromatic N) is 2. The van der Waals surface area contributed by atoms with Crippen LogP contribution in [0.25, 0.3) is 11.3 Å². The Morgan fingerprint density at radius 3 is 2.60 bits per heavy atom. The molecule has 0 aliphatic carbocycles. The van der Waals surface area contributed by atoms with Gasteiger partial charge in [-0.25, -0.2) is 4.98 Å². The number of rotatable bonds is 4. The number of aromatic nitrogens is 2. The second-order valence-corrected chi connectivity index (χ2v) is 4.34. The maximum absolute atomic E-state index is 13.6. The summed E-state index contributed by atoms with van der Waals surface area (Å²) in [5.74, 6) is -2.48. The topological polar surface area (TPSA) is 47.0 Å². The van der Waals surface area contributed by atoms with Crippen molar-refractivity contribution in [2.75, 3.05) is 19.5 Å². The second kappa shape index (κ2) is 5.40. The Balaban J connectivity index is 2.53. The van der Waals surface area contributed by atoms with Crippen molar-refractivity contribution in [3.8, 4) is 17.0 Å². The quantitative estimate of drug-likeness (QED) is 0.932. The summed E-state index contributed by atoms with van der Waals surface area (Å²) in [6.07, 6.45) is 3.10. The normalized spacial score (nSPS) is 11.2. The van der Waals surface area contributed by atoms with E-state index in [9.17, 15) is 8.78 Å². The standard InChI is InChI=1S/C14H15F2N3O/c1-14(15,16)13-12(17-2)5-4-11(19-13)9-6-10(20-3)8-18-7-9/h4-8,17H,1-3H3. The van der Waals surface area contributed by atoms with Gasteiger partial charge in [-0.05, 0) is 18.2 Å². The summed E-state index contributed by atoms with van der Waals surface area (Å²) in [6, 6.07) is 4.94. The third kappa shape index (κ3) is 2.84. The molecule has 4 nitrogen and oxygen atoms in total. The predicted molar refractivity (Wildman–Crippen MR) is 73.1 cm³/mol. The average Bonchev–Trinajstić information content (AvgIpc) is 2.45. The summed E-state index contributed by atoms with van der Waals surface area (Å²) in [5.41, 5.74) is 1.06. The van der Waals surface area contributed by atoms with E-state index in [1.807, 2.05) is 0 Å². The molecule has 0 aromatic carbocycles. The lowest BCUT2D eigenvalue weighted by atomic mass is 10.1. The van der Waals surface area contributed by atoms with Gasteiger partial charge in [0, 0.05) is 25.7 Å². The van der Waals surface area contributed by atoms with Crippen molar-refractivity contribution < 1.29 is 13.5 Å². The van der Waals surface area contributed by atoms with E-state index in [4.69, 9.17) is 4.74 Å². The molecule has 0 atom stereocenters. The molecule has 0 saturated heterocycles. The number of halogens is 2. The fourth-order valence-corrected chi connectivity index (χ4v) is 1.83. The minimum absolute atomic E-state index is 0.291. The van der Waals surface area contributed by atoms with Gasteiger partial charge in [0.1, 0.15) is 11.4 Å². The van der Waals surface area contributed by atoms with Gasteiger partial charge in [0.25, 0.3) is 5.92 Å². The number of hydrogen-bond donors (Lipinski definition) is 1. The highest BCUT2D eigenvalue weighted by Gasteiger charge is 2.29. The first-order valence-corrected chi connectivity index (χ1v) is 6.02. The first-order valence-electron chi connectivity index (χ1n) is 6.02. The zero-order valence-corrected chi connectivity index (χ0v) is 11.4. The van der Waals surface area contributed by atoms with Gasteiger partial charge in [-0.3, -0.25) is 4.98 Å². The van der Waals surface area contributed by atoms with Gasteiger partial charge in [0.15, 0.2) is 0 Å². The third-order valence-electron chi connectivity index (χ3n) is 2.83. The number of nitrogens with one attached hydrogen (secondary N) is 1. The van der Waals surface area contributed by atoms with Crippen LogP contribution in [0.4, 0.5) is 14.5 Å². The van der Waals surface area contributed by atoms with Crippen LogP contribution >= 0.6 is 0 Å². The Morgan fingerprint density at radius 1 is 1.25 bits per heavy atom. The maximum Gasteiger partial charge on any atom is 0.289 e. The van der Waals surface area contributed by atoms with E-state index in [1.165, 1.54) is 7.11 Å². The molecule has 1 N–H and O–H groups in total. The van der Waals surface area contributed by atoms with Gasteiger partial charge < -0.3 is 10.1 Å². The summed E-state index contributed by atoms with van der Waals surface area (Å²) in [4.78, 5) is 8.05. The van der Waals surface area contributed by atoms with Gasteiger partial charge >= 0.3 is 0 Å². The van der Waals surface area contributed by atoms with Crippen molar-refractivity contribution >= 4 is 5.69 Å². The fourth-order valence-electron chi connectivity index (χ4n) is 1.83. The highest BCUT2D eigenvalue weighted by atomic mass is 19.3. The first kappa shape index (κ1) is 14.2. The SMILES string of the molecule is CNc1ccc(-c2cncc(OC)c2)nc1C(C)(F)F. The van der Waals surface area contributed by atoms with Crippen LogP contribution in [0.15, 0.2) is 30.6 Å². The van der Waals surface area contributed by atoms with Gasteiger partial charge in [-0.15, -0.1) is 0 Å². The van der Waals surface area contributed by atoms with E-state index < -0.39 is 5.92 Å². The summed E-state index contributed by atoms with van der Waals surface area (Å²) < 4.78 is 32.3. The molecule has 2 aromatic rings. The molecule has 2 aromatic heterocycles. The van der Waals surface area contributed by atoms with Crippen molar-refractivity contribution in [2.45, 2.75) is 12.8 Å². The number of anilines is 1. The van der Waals surface area contributed by atoms with Crippen LogP contribution < -0.4 is 10.1 Å². The van der Waals surface area contributed by atoms with E-state index in [-0.39, 0.29) is 5.69 Å². The highest BCUT2D eigenvalue weighted by molar-refractivity contribution is 5.63. The Labute approximate surface area is 115 Å². The summed E-state index contributed by atoms with van der Waals surface area (Å²) >= 11 is 0. The summed E-state index contributed by atoms with van der Waals surface area (Å²) in [5, 5.41) is 2.72. The van der Waals surface area contributed by atoms with Gasteiger partial charge in [-0.2, -0.15) is 8.78 Å². The lowest BCUT2D eigenvalue weighted by molar-refractivity contribution is 0.0137. The van der Waals surface area contributed by atoms with Crippen molar-refractivity contribution in [2.24, 2.45) is 0 Å². The number of alkyl halides is 2. The zero-order chi connectivity index (χ0) is 14.8. The molecule has 0 saturated carbocycles. The molecule has 0 fully saturated rings. The van der Waals surface area contributed by atoms with Crippen LogP contribution in [0.2, 0.25) is 0 Å². The van der Waals surface area contributed by atoms with Crippen LogP contribution in [0.3, 0.4) is 0 Å². The number of ether oxygens (including phenoxy) is 1. The molecule has 2 heterocycles. The van der Waals surface area contributed by atoms with E-state index in [2.05, 4.69) is 15.3 Å². The third-order valence-corrected chi connectivity index (χ3v) is 2.83. The molecule has 0 aliphatic heterocycles. The Bertz CT molecular complexity index is 612. The Morgan fingerprint density at radius 2 is 2.00 bits per heavy atom. The Hall–Kier alpha value is -2.24. The molecule has 0 bridgehead atoms. The van der Waals surface area contributed by atoms with Crippen molar-refractivity contribution in [1.82, 2.24) is 9.97 Å². The monoisotopic (exact) mass is 279 g/mol. The lowest BCUT2D eigenvalue weighted by Crippen LogP contribution is -2.13. The van der Waals surface area contributed by atoms with Gasteiger partial charge in [0.05, 0.1) is 24.7 Å². The molecule has 2 rings (SSSR count). The Kier molecular flexibility index (Phi) is 3.83. The molecule has 20 heavy (non-hydrogen) atoms. The number of methoxy groups -OCH3 is 1. The van der Waals surface area contributed by atoms with Crippen LogP contribution in [0.5, 0.6) is 5.75 Å². The highest BCUT2D eigenvalue weighted by Crippen LogP contribution is 2.33. The minimum Gasteiger partial charge on any atom is -0.495 e. The van der Waals surface area contributed by atoms with Crippen molar-refractivity contribution in [1.29, 1.82) is 0 Å². The smallest absolute Gasteiger partial charge is 0.289 e. The number of pyridine rings is 2. The second-order valence-electron chi connectivity index (χ2n) is 4.34. The van der Waals surface area contributed by atoms with Crippen LogP contribution in [-0.2, 0) is 5.92 Å². The summed E-state index contributed by atoms with van der Waals surface area (Å²) in [7, 11) is 3.10. The zero-order valence-electron chi connectivity index (χ0n) is 11.4. The average molecular weight is 279 g/mol. The molecule has 0 unspecified atom stereocenters. The van der Waals surface area contributed by atoms with Gasteiger partial charge in [0.2, 0.25) is 0 Å². The van der Waals surface area contributed by atoms with Crippen LogP contribution in [0, 0.1) is 0 Å². The largest absolute Gasteiger partial charge is 0.495 e. The number of hydrogen-bond acceptors (Lipinski definition) is 4. The molecule has 0 aliphatic rings. The van der Waals surface area contributed by atoms with E-state index >= 15 is 0 Å². The molecular formula is C14H15F2N3O. The molecule has 106 valence electrons. The van der Waals surface area contributed by atoms with Gasteiger partial charge in [-0.1, -0.05) is 0 Å². The molecule has 0 spiro atoms. The van der Waals surface area contributed by atoms with E-state index in [1.54, 1.807) is 37.6 Å². The van der Waals surface area contributed by atoms with Crippen molar-refractivity contribution in [3.63, 3.8) is 0 Å². The molecule has 0 amide bonds. The maximum atomic E-state index is 13.6. The van der Waals surface area contributed by atoms with E-state index in [0.717, 1.165) is 6.92 Å². The van der Waals surface area contributed by atoms with E-state index in [0.29, 0.717) is 22.7 Å².